The fourth-order valence-corrected chi connectivity index (χ4v) is 1.64. The van der Waals surface area contributed by atoms with Gasteiger partial charge in [-0.2, -0.15) is 5.10 Å². The first kappa shape index (κ1) is 12.1. The van der Waals surface area contributed by atoms with Gasteiger partial charge in [-0.3, -0.25) is 4.79 Å². The number of carboxylic acid groups (broad SMARTS) is 1. The molecule has 0 radical (unpaired) electrons. The zero-order valence-corrected chi connectivity index (χ0v) is 9.63. The smallest absolute Gasteiger partial charge is 0.309 e. The van der Waals surface area contributed by atoms with E-state index in [1.54, 1.807) is 12.1 Å². The summed E-state index contributed by atoms with van der Waals surface area (Å²) in [6.07, 6.45) is 1.30. The molecule has 0 bridgehead atoms. The van der Waals surface area contributed by atoms with Crippen molar-refractivity contribution in [3.63, 3.8) is 0 Å². The first-order valence-corrected chi connectivity index (χ1v) is 5.20. The van der Waals surface area contributed by atoms with Crippen LogP contribution in [0.4, 0.5) is 4.39 Å². The van der Waals surface area contributed by atoms with Crippen molar-refractivity contribution in [2.75, 3.05) is 7.11 Å². The number of hydrogen-bond donors (Lipinski definition) is 1. The lowest BCUT2D eigenvalue weighted by Crippen LogP contribution is -2.08. The van der Waals surface area contributed by atoms with E-state index in [9.17, 15) is 9.18 Å². The van der Waals surface area contributed by atoms with E-state index in [1.807, 2.05) is 0 Å². The Morgan fingerprint density at radius 2 is 2.28 bits per heavy atom. The molecule has 0 aliphatic heterocycles. The molecule has 0 aliphatic carbocycles. The number of carboxylic acids is 1. The van der Waals surface area contributed by atoms with E-state index in [0.717, 1.165) is 0 Å². The predicted octanol–water partition coefficient (Wildman–Crippen LogP) is 1.65. The van der Waals surface area contributed by atoms with Gasteiger partial charge in [-0.1, -0.05) is 0 Å². The van der Waals surface area contributed by atoms with E-state index in [0.29, 0.717) is 11.4 Å². The molecule has 1 aromatic heterocycles. The van der Waals surface area contributed by atoms with Gasteiger partial charge in [0.15, 0.2) is 11.6 Å². The minimum Gasteiger partial charge on any atom is -0.494 e. The number of methoxy groups -OCH3 is 1. The predicted molar refractivity (Wildman–Crippen MR) is 61.4 cm³/mol. The Bertz CT molecular complexity index is 580. The van der Waals surface area contributed by atoms with E-state index < -0.39 is 11.8 Å². The van der Waals surface area contributed by atoms with Crippen LogP contribution in [-0.4, -0.2) is 28.0 Å². The second kappa shape index (κ2) is 4.87. The third-order valence-corrected chi connectivity index (χ3v) is 2.43. The molecule has 0 amide bonds. The Kier molecular flexibility index (Phi) is 3.27. The number of aromatic nitrogens is 2. The number of nitrogens with zero attached hydrogens (tertiary/aromatic N) is 2. The number of ether oxygens (including phenoxy) is 1. The lowest BCUT2D eigenvalue weighted by Gasteiger charge is -2.08. The Balaban J connectivity index is 2.40. The number of halogens is 1. The molecule has 0 aliphatic rings. The third kappa shape index (κ3) is 2.32. The van der Waals surface area contributed by atoms with Crippen LogP contribution in [0.3, 0.4) is 0 Å². The van der Waals surface area contributed by atoms with Crippen molar-refractivity contribution >= 4 is 5.97 Å². The van der Waals surface area contributed by atoms with E-state index in [4.69, 9.17) is 9.84 Å². The molecular weight excluding hydrogens is 239 g/mol. The maximum atomic E-state index is 13.6. The summed E-state index contributed by atoms with van der Waals surface area (Å²) in [5.41, 5.74) is 0.932. The summed E-state index contributed by atoms with van der Waals surface area (Å²) < 4.78 is 19.8. The molecule has 94 valence electrons. The lowest BCUT2D eigenvalue weighted by molar-refractivity contribution is -0.136. The normalized spacial score (nSPS) is 10.3. The maximum Gasteiger partial charge on any atom is 0.309 e. The third-order valence-electron chi connectivity index (χ3n) is 2.43. The van der Waals surface area contributed by atoms with Crippen molar-refractivity contribution in [2.45, 2.75) is 6.42 Å². The molecule has 0 spiro atoms. The molecule has 0 saturated heterocycles. The molecule has 5 nitrogen and oxygen atoms in total. The van der Waals surface area contributed by atoms with Crippen LogP contribution < -0.4 is 4.74 Å². The number of aliphatic carboxylic acids is 1. The van der Waals surface area contributed by atoms with Crippen LogP contribution in [0.25, 0.3) is 5.69 Å². The molecule has 1 N–H and O–H groups in total. The maximum absolute atomic E-state index is 13.6. The summed E-state index contributed by atoms with van der Waals surface area (Å²) in [5, 5.41) is 12.7. The zero-order chi connectivity index (χ0) is 13.1. The molecule has 2 aromatic rings. The number of hydrogen-bond acceptors (Lipinski definition) is 3. The van der Waals surface area contributed by atoms with Gasteiger partial charge in [-0.15, -0.1) is 0 Å². The van der Waals surface area contributed by atoms with Crippen LogP contribution in [0.15, 0.2) is 30.5 Å². The van der Waals surface area contributed by atoms with Crippen LogP contribution in [-0.2, 0) is 11.2 Å². The lowest BCUT2D eigenvalue weighted by atomic mass is 10.2. The molecule has 0 unspecified atom stereocenters. The number of rotatable bonds is 4. The summed E-state index contributed by atoms with van der Waals surface area (Å²) in [5.74, 6) is -1.36. The molecule has 0 atom stereocenters. The van der Waals surface area contributed by atoms with Gasteiger partial charge >= 0.3 is 5.97 Å². The van der Waals surface area contributed by atoms with Crippen molar-refractivity contribution in [3.05, 3.63) is 42.0 Å². The van der Waals surface area contributed by atoms with E-state index >= 15 is 0 Å². The van der Waals surface area contributed by atoms with Gasteiger partial charge in [0.2, 0.25) is 0 Å². The Labute approximate surface area is 102 Å². The van der Waals surface area contributed by atoms with Crippen molar-refractivity contribution in [1.82, 2.24) is 9.78 Å². The topological polar surface area (TPSA) is 64.4 Å². The highest BCUT2D eigenvalue weighted by Crippen LogP contribution is 2.20. The van der Waals surface area contributed by atoms with Crippen molar-refractivity contribution in [3.8, 4) is 11.4 Å². The van der Waals surface area contributed by atoms with Crippen LogP contribution in [0.1, 0.15) is 5.69 Å². The number of benzene rings is 1. The second-order valence-corrected chi connectivity index (χ2v) is 3.62. The standard InChI is InChI=1S/C12H11FN2O3/c1-18-11-3-2-8(6-10(11)13)15-9(4-5-14-15)7-12(16)17/h2-6H,7H2,1H3,(H,16,17). The molecular formula is C12H11FN2O3. The molecule has 2 rings (SSSR count). The van der Waals surface area contributed by atoms with Gasteiger partial charge in [0.25, 0.3) is 0 Å². The minimum atomic E-state index is -0.967. The summed E-state index contributed by atoms with van der Waals surface area (Å²) >= 11 is 0. The molecule has 1 aromatic carbocycles. The monoisotopic (exact) mass is 250 g/mol. The summed E-state index contributed by atoms with van der Waals surface area (Å²) in [6, 6.07) is 5.91. The van der Waals surface area contributed by atoms with Gasteiger partial charge < -0.3 is 9.84 Å². The highest BCUT2D eigenvalue weighted by Gasteiger charge is 2.11. The largest absolute Gasteiger partial charge is 0.494 e. The molecule has 0 fully saturated rings. The average molecular weight is 250 g/mol. The van der Waals surface area contributed by atoms with Crippen LogP contribution in [0.5, 0.6) is 5.75 Å². The van der Waals surface area contributed by atoms with E-state index in [1.165, 1.54) is 30.1 Å². The highest BCUT2D eigenvalue weighted by atomic mass is 19.1. The van der Waals surface area contributed by atoms with Crippen LogP contribution >= 0.6 is 0 Å². The van der Waals surface area contributed by atoms with Crippen LogP contribution in [0.2, 0.25) is 0 Å². The first-order chi connectivity index (χ1) is 8.61. The minimum absolute atomic E-state index is 0.130. The SMILES string of the molecule is COc1ccc(-n2nccc2CC(=O)O)cc1F. The summed E-state index contributed by atoms with van der Waals surface area (Å²) in [4.78, 5) is 10.7. The van der Waals surface area contributed by atoms with Crippen molar-refractivity contribution in [1.29, 1.82) is 0 Å². The fraction of sp³-hybridized carbons (Fsp3) is 0.167. The van der Waals surface area contributed by atoms with Gasteiger partial charge in [-0.25, -0.2) is 9.07 Å². The van der Waals surface area contributed by atoms with Crippen molar-refractivity contribution in [2.24, 2.45) is 0 Å². The summed E-state index contributed by atoms with van der Waals surface area (Å²) in [6.45, 7) is 0. The van der Waals surface area contributed by atoms with Gasteiger partial charge in [0.1, 0.15) is 0 Å². The molecule has 0 saturated carbocycles. The van der Waals surface area contributed by atoms with Gasteiger partial charge in [0.05, 0.1) is 24.9 Å². The molecule has 18 heavy (non-hydrogen) atoms. The van der Waals surface area contributed by atoms with E-state index in [2.05, 4.69) is 5.10 Å². The Morgan fingerprint density at radius 1 is 1.50 bits per heavy atom. The van der Waals surface area contributed by atoms with Gasteiger partial charge in [-0.05, 0) is 18.2 Å². The van der Waals surface area contributed by atoms with Gasteiger partial charge in [0, 0.05) is 12.3 Å². The average Bonchev–Trinajstić information content (AvgIpc) is 2.76. The molecule has 1 heterocycles. The first-order valence-electron chi connectivity index (χ1n) is 5.20. The highest BCUT2D eigenvalue weighted by molar-refractivity contribution is 5.69. The number of carbonyl (C=O) groups is 1. The van der Waals surface area contributed by atoms with Crippen LogP contribution in [0, 0.1) is 5.82 Å². The Morgan fingerprint density at radius 3 is 2.89 bits per heavy atom. The molecule has 6 heteroatoms. The van der Waals surface area contributed by atoms with E-state index in [-0.39, 0.29) is 12.2 Å². The summed E-state index contributed by atoms with van der Waals surface area (Å²) in [7, 11) is 1.38. The zero-order valence-electron chi connectivity index (χ0n) is 9.63. The fourth-order valence-electron chi connectivity index (χ4n) is 1.64. The quantitative estimate of drug-likeness (QED) is 0.896. The second-order valence-electron chi connectivity index (χ2n) is 3.62. The Hall–Kier alpha value is -2.37. The van der Waals surface area contributed by atoms with Crippen molar-refractivity contribution < 1.29 is 19.0 Å².